The molecular weight excluding hydrogens is 288 g/mol. The number of piperidine rings is 1. The van der Waals surface area contributed by atoms with E-state index in [9.17, 15) is 14.4 Å². The van der Waals surface area contributed by atoms with Gasteiger partial charge in [0.2, 0.25) is 5.91 Å². The molecule has 1 aliphatic heterocycles. The van der Waals surface area contributed by atoms with Gasteiger partial charge in [0.05, 0.1) is 12.2 Å². The van der Waals surface area contributed by atoms with Crippen LogP contribution in [0.1, 0.15) is 23.4 Å². The number of hydrogen-bond donors (Lipinski definition) is 2. The lowest BCUT2D eigenvalue weighted by Gasteiger charge is -2.33. The van der Waals surface area contributed by atoms with E-state index in [1.807, 2.05) is 0 Å². The van der Waals surface area contributed by atoms with E-state index >= 15 is 0 Å². The molecule has 0 spiro atoms. The number of carbonyl (C=O) groups is 3. The Bertz CT molecular complexity index is 541. The maximum Gasteiger partial charge on any atom is 0.319 e. The quantitative estimate of drug-likeness (QED) is 0.775. The number of rotatable bonds is 2. The number of carbonyl (C=O) groups excluding carboxylic acids is 3. The third-order valence-electron chi connectivity index (χ3n) is 3.49. The molecule has 1 atom stereocenters. The molecule has 1 fully saturated rings. The van der Waals surface area contributed by atoms with Gasteiger partial charge in [0.25, 0.3) is 0 Å². The van der Waals surface area contributed by atoms with Gasteiger partial charge >= 0.3 is 11.9 Å². The number of nitrogens with zero attached hydrogens (tertiary/aromatic N) is 2. The van der Waals surface area contributed by atoms with Crippen LogP contribution in [0, 0.1) is 5.92 Å². The van der Waals surface area contributed by atoms with Gasteiger partial charge in [-0.2, -0.15) is 0 Å². The van der Waals surface area contributed by atoms with Crippen molar-refractivity contribution in [3.05, 3.63) is 24.2 Å². The normalized spacial score (nSPS) is 17.7. The highest BCUT2D eigenvalue weighted by atomic mass is 16.3. The number of urea groups is 1. The molecule has 8 nitrogen and oxygen atoms in total. The fourth-order valence-corrected chi connectivity index (χ4v) is 2.34. The Balaban J connectivity index is 1.84. The second-order valence-electron chi connectivity index (χ2n) is 5.38. The first kappa shape index (κ1) is 15.9. The van der Waals surface area contributed by atoms with Crippen LogP contribution in [0.2, 0.25) is 0 Å². The van der Waals surface area contributed by atoms with Gasteiger partial charge in [0, 0.05) is 27.2 Å². The first-order valence-corrected chi connectivity index (χ1v) is 7.09. The van der Waals surface area contributed by atoms with Crippen LogP contribution in [0.3, 0.4) is 0 Å². The number of nitrogens with one attached hydrogen (secondary N) is 2. The van der Waals surface area contributed by atoms with Crippen molar-refractivity contribution in [2.75, 3.05) is 27.2 Å². The molecule has 0 unspecified atom stereocenters. The molecule has 0 saturated carbocycles. The summed E-state index contributed by atoms with van der Waals surface area (Å²) in [6.07, 6.45) is 2.81. The van der Waals surface area contributed by atoms with Crippen LogP contribution in [0.15, 0.2) is 22.8 Å². The Kier molecular flexibility index (Phi) is 5.03. The third kappa shape index (κ3) is 3.78. The maximum atomic E-state index is 12.1. The fourth-order valence-electron chi connectivity index (χ4n) is 2.34. The highest BCUT2D eigenvalue weighted by Crippen LogP contribution is 2.17. The van der Waals surface area contributed by atoms with Crippen LogP contribution < -0.4 is 10.9 Å². The van der Waals surface area contributed by atoms with Gasteiger partial charge in [0.1, 0.15) is 0 Å². The molecule has 0 aliphatic carbocycles. The SMILES string of the molecule is CN(C)C(=O)N1CCC[C@H](C(=O)NNC(=O)c2ccco2)C1. The first-order valence-electron chi connectivity index (χ1n) is 7.09. The minimum absolute atomic E-state index is 0.114. The molecule has 1 aliphatic rings. The summed E-state index contributed by atoms with van der Waals surface area (Å²) in [5.41, 5.74) is 4.68. The smallest absolute Gasteiger partial charge is 0.319 e. The lowest BCUT2D eigenvalue weighted by Crippen LogP contribution is -2.51. The molecule has 0 aromatic carbocycles. The molecule has 1 aromatic rings. The third-order valence-corrected chi connectivity index (χ3v) is 3.49. The molecule has 2 heterocycles. The summed E-state index contributed by atoms with van der Waals surface area (Å²) in [4.78, 5) is 38.8. The average Bonchev–Trinajstić information content (AvgIpc) is 3.06. The largest absolute Gasteiger partial charge is 0.459 e. The molecule has 1 aromatic heterocycles. The van der Waals surface area contributed by atoms with Crippen LogP contribution in [-0.4, -0.2) is 54.8 Å². The topological polar surface area (TPSA) is 94.9 Å². The molecular formula is C14H20N4O4. The Morgan fingerprint density at radius 1 is 1.32 bits per heavy atom. The highest BCUT2D eigenvalue weighted by Gasteiger charge is 2.29. The Morgan fingerprint density at radius 2 is 2.09 bits per heavy atom. The van der Waals surface area contributed by atoms with E-state index in [4.69, 9.17) is 4.42 Å². The minimum Gasteiger partial charge on any atom is -0.459 e. The van der Waals surface area contributed by atoms with Crippen molar-refractivity contribution in [3.63, 3.8) is 0 Å². The second kappa shape index (κ2) is 6.97. The number of furan rings is 1. The van der Waals surface area contributed by atoms with Crippen molar-refractivity contribution in [2.45, 2.75) is 12.8 Å². The van der Waals surface area contributed by atoms with Gasteiger partial charge in [-0.15, -0.1) is 0 Å². The van der Waals surface area contributed by atoms with Gasteiger partial charge in [-0.05, 0) is 25.0 Å². The summed E-state index contributed by atoms with van der Waals surface area (Å²) in [7, 11) is 3.35. The standard InChI is InChI=1S/C14H20N4O4/c1-17(2)14(21)18-7-3-5-10(9-18)12(19)15-16-13(20)11-6-4-8-22-11/h4,6,8,10H,3,5,7,9H2,1-2H3,(H,15,19)(H,16,20)/t10-/m0/s1. The van der Waals surface area contributed by atoms with Gasteiger partial charge in [-0.25, -0.2) is 4.79 Å². The molecule has 8 heteroatoms. The van der Waals surface area contributed by atoms with E-state index in [0.29, 0.717) is 19.5 Å². The van der Waals surface area contributed by atoms with Crippen molar-refractivity contribution in [1.82, 2.24) is 20.7 Å². The average molecular weight is 308 g/mol. The summed E-state index contributed by atoms with van der Waals surface area (Å²) < 4.78 is 4.93. The summed E-state index contributed by atoms with van der Waals surface area (Å²) in [6.45, 7) is 0.985. The van der Waals surface area contributed by atoms with Crippen LogP contribution in [0.4, 0.5) is 4.79 Å². The maximum absolute atomic E-state index is 12.1. The minimum atomic E-state index is -0.518. The summed E-state index contributed by atoms with van der Waals surface area (Å²) in [5, 5.41) is 0. The molecule has 2 rings (SSSR count). The second-order valence-corrected chi connectivity index (χ2v) is 5.38. The van der Waals surface area contributed by atoms with Crippen molar-refractivity contribution in [1.29, 1.82) is 0 Å². The van der Waals surface area contributed by atoms with Crippen LogP contribution in [-0.2, 0) is 4.79 Å². The number of likely N-dealkylation sites (tertiary alicyclic amines) is 1. The fraction of sp³-hybridized carbons (Fsp3) is 0.500. The zero-order valence-electron chi connectivity index (χ0n) is 12.7. The molecule has 0 bridgehead atoms. The van der Waals surface area contributed by atoms with E-state index in [1.54, 1.807) is 25.1 Å². The molecule has 120 valence electrons. The van der Waals surface area contributed by atoms with Crippen LogP contribution >= 0.6 is 0 Å². The number of hydrogen-bond acceptors (Lipinski definition) is 4. The Morgan fingerprint density at radius 3 is 2.73 bits per heavy atom. The monoisotopic (exact) mass is 308 g/mol. The van der Waals surface area contributed by atoms with E-state index in [1.165, 1.54) is 17.2 Å². The van der Waals surface area contributed by atoms with E-state index < -0.39 is 5.91 Å². The molecule has 1 saturated heterocycles. The molecule has 22 heavy (non-hydrogen) atoms. The molecule has 4 amide bonds. The summed E-state index contributed by atoms with van der Waals surface area (Å²) in [5.74, 6) is -1.05. The van der Waals surface area contributed by atoms with E-state index in [0.717, 1.165) is 6.42 Å². The highest BCUT2D eigenvalue weighted by molar-refractivity contribution is 5.93. The predicted molar refractivity (Wildman–Crippen MR) is 77.7 cm³/mol. The van der Waals surface area contributed by atoms with Crippen molar-refractivity contribution >= 4 is 17.8 Å². The van der Waals surface area contributed by atoms with Crippen molar-refractivity contribution in [3.8, 4) is 0 Å². The lowest BCUT2D eigenvalue weighted by molar-refractivity contribution is -0.127. The zero-order valence-corrected chi connectivity index (χ0v) is 12.7. The zero-order chi connectivity index (χ0) is 16.1. The van der Waals surface area contributed by atoms with Crippen LogP contribution in [0.25, 0.3) is 0 Å². The Hall–Kier alpha value is -2.51. The summed E-state index contributed by atoms with van der Waals surface area (Å²) in [6, 6.07) is 2.97. The van der Waals surface area contributed by atoms with Crippen LogP contribution in [0.5, 0.6) is 0 Å². The van der Waals surface area contributed by atoms with Gasteiger partial charge in [-0.1, -0.05) is 0 Å². The first-order chi connectivity index (χ1) is 10.5. The van der Waals surface area contributed by atoms with E-state index in [-0.39, 0.29) is 23.6 Å². The molecule has 2 N–H and O–H groups in total. The predicted octanol–water partition coefficient (Wildman–Crippen LogP) is 0.434. The van der Waals surface area contributed by atoms with Gasteiger partial charge in [0.15, 0.2) is 5.76 Å². The van der Waals surface area contributed by atoms with Gasteiger partial charge in [-0.3, -0.25) is 20.4 Å². The summed E-state index contributed by atoms with van der Waals surface area (Å²) >= 11 is 0. The van der Waals surface area contributed by atoms with E-state index in [2.05, 4.69) is 10.9 Å². The number of hydrazine groups is 1. The van der Waals surface area contributed by atoms with Crippen molar-refractivity contribution < 1.29 is 18.8 Å². The van der Waals surface area contributed by atoms with Gasteiger partial charge < -0.3 is 14.2 Å². The lowest BCUT2D eigenvalue weighted by atomic mass is 9.97. The molecule has 0 radical (unpaired) electrons. The number of amides is 4. The van der Waals surface area contributed by atoms with Crippen molar-refractivity contribution in [2.24, 2.45) is 5.92 Å². The Labute approximate surface area is 128 Å².